The molecule has 31 heavy (non-hydrogen) atoms. The van der Waals surface area contributed by atoms with Gasteiger partial charge in [-0.05, 0) is 12.8 Å². The molecule has 1 saturated carbocycles. The molecule has 12 nitrogen and oxygen atoms in total. The lowest BCUT2D eigenvalue weighted by Gasteiger charge is -2.23. The van der Waals surface area contributed by atoms with Crippen LogP contribution in [0.1, 0.15) is 30.9 Å². The van der Waals surface area contributed by atoms with Gasteiger partial charge in [0.05, 0.1) is 12.3 Å². The molecule has 4 heterocycles. The second-order valence-electron chi connectivity index (χ2n) is 7.47. The second kappa shape index (κ2) is 8.30. The monoisotopic (exact) mass is 534 g/mol. The molecule has 2 fully saturated rings. The topological polar surface area (TPSA) is 158 Å². The van der Waals surface area contributed by atoms with Crippen molar-refractivity contribution < 1.29 is 9.90 Å². The number of halogens is 1. The molecule has 4 N–H and O–H groups in total. The van der Waals surface area contributed by atoms with E-state index in [1.807, 2.05) is 28.7 Å². The Bertz CT molecular complexity index is 1090. The van der Waals surface area contributed by atoms with Crippen LogP contribution in [0.15, 0.2) is 24.7 Å². The minimum absolute atomic E-state index is 0.228. The fraction of sp³-hybridized carbons (Fsp3) is 0.389. The highest BCUT2D eigenvalue weighted by Crippen LogP contribution is 2.39. The largest absolute Gasteiger partial charge is 0.391 e. The average molecular weight is 534 g/mol. The molecule has 1 saturated heterocycles. The predicted octanol–water partition coefficient (Wildman–Crippen LogP) is 1.19. The molecule has 13 heteroatoms. The standard InChI is InChI=1S/C18H19IN10O2/c19-16-24-17(23-13-6-11(27-28-13)9-1-2-9)26-18(25-16)29-8-10(30)5-12(29)15(31)22-14-7-20-3-4-21-14/h3-4,6-7,9-10,12,30H,1-2,5,8H2,(H,21,22,31)(H2,23,24,25,26,27,28)/t10-,12-/m0/s1. The highest BCUT2D eigenvalue weighted by molar-refractivity contribution is 14.1. The van der Waals surface area contributed by atoms with Crippen LogP contribution >= 0.6 is 22.6 Å². The van der Waals surface area contributed by atoms with E-state index in [9.17, 15) is 9.90 Å². The molecule has 2 aliphatic rings. The fourth-order valence-corrected chi connectivity index (χ4v) is 3.94. The molecule has 2 atom stereocenters. The number of carbonyl (C=O) groups excluding carboxylic acids is 1. The first-order chi connectivity index (χ1) is 15.0. The summed E-state index contributed by atoms with van der Waals surface area (Å²) < 4.78 is 0.456. The Kier molecular flexibility index (Phi) is 5.35. The second-order valence-corrected chi connectivity index (χ2v) is 8.44. The van der Waals surface area contributed by atoms with E-state index < -0.39 is 12.1 Å². The number of hydrogen-bond acceptors (Lipinski definition) is 10. The summed E-state index contributed by atoms with van der Waals surface area (Å²) in [6.07, 6.45) is 6.39. The van der Waals surface area contributed by atoms with Crippen LogP contribution in [0.2, 0.25) is 0 Å². The first kappa shape index (κ1) is 20.0. The van der Waals surface area contributed by atoms with Crippen molar-refractivity contribution in [1.82, 2.24) is 35.1 Å². The van der Waals surface area contributed by atoms with Crippen molar-refractivity contribution >= 4 is 52.0 Å². The summed E-state index contributed by atoms with van der Waals surface area (Å²) in [6.45, 7) is 0.228. The molecular weight excluding hydrogens is 515 g/mol. The van der Waals surface area contributed by atoms with Gasteiger partial charge in [-0.2, -0.15) is 20.1 Å². The molecular formula is C18H19IN10O2. The van der Waals surface area contributed by atoms with E-state index in [1.54, 1.807) is 4.90 Å². The third kappa shape index (κ3) is 4.56. The lowest BCUT2D eigenvalue weighted by Crippen LogP contribution is -2.41. The van der Waals surface area contributed by atoms with E-state index in [0.29, 0.717) is 33.3 Å². The number of β-amino-alcohol motifs (C(OH)–C–C–N with tert-alkyl or cyclic N) is 1. The summed E-state index contributed by atoms with van der Waals surface area (Å²) in [5, 5.41) is 23.3. The molecule has 0 bridgehead atoms. The maximum Gasteiger partial charge on any atom is 0.248 e. The minimum Gasteiger partial charge on any atom is -0.391 e. The number of rotatable bonds is 6. The number of hydrogen-bond donors (Lipinski definition) is 4. The zero-order valence-corrected chi connectivity index (χ0v) is 18.4. The number of nitrogens with zero attached hydrogens (tertiary/aromatic N) is 7. The Balaban J connectivity index is 1.36. The van der Waals surface area contributed by atoms with E-state index in [-0.39, 0.29) is 18.9 Å². The van der Waals surface area contributed by atoms with Gasteiger partial charge in [0.2, 0.25) is 17.8 Å². The normalized spacial score (nSPS) is 20.6. The number of aliphatic hydroxyl groups excluding tert-OH is 1. The maximum atomic E-state index is 12.8. The SMILES string of the molecule is O=C(Nc1cnccn1)[C@@H]1C[C@H](O)CN1c1nc(I)nc(Nc2cc(C3CC3)[nH]n2)n1. The molecule has 1 aliphatic carbocycles. The Hall–Kier alpha value is -2.94. The highest BCUT2D eigenvalue weighted by Gasteiger charge is 2.38. The van der Waals surface area contributed by atoms with Crippen LogP contribution in [0.4, 0.5) is 23.5 Å². The van der Waals surface area contributed by atoms with Crippen LogP contribution in [-0.2, 0) is 4.79 Å². The molecule has 0 radical (unpaired) electrons. The lowest BCUT2D eigenvalue weighted by atomic mass is 10.2. The molecule has 5 rings (SSSR count). The maximum absolute atomic E-state index is 12.8. The zero-order chi connectivity index (χ0) is 21.4. The molecule has 3 aromatic rings. The van der Waals surface area contributed by atoms with Crippen LogP contribution in [-0.4, -0.2) is 64.8 Å². The van der Waals surface area contributed by atoms with E-state index in [4.69, 9.17) is 0 Å². The average Bonchev–Trinajstić information content (AvgIpc) is 3.37. The van der Waals surface area contributed by atoms with Crippen LogP contribution in [0.25, 0.3) is 0 Å². The van der Waals surface area contributed by atoms with Crippen molar-refractivity contribution in [2.24, 2.45) is 0 Å². The van der Waals surface area contributed by atoms with Gasteiger partial charge in [0.15, 0.2) is 15.5 Å². The first-order valence-electron chi connectivity index (χ1n) is 9.80. The fourth-order valence-electron chi connectivity index (χ4n) is 3.50. The predicted molar refractivity (Wildman–Crippen MR) is 119 cm³/mol. The van der Waals surface area contributed by atoms with Crippen LogP contribution in [0.3, 0.4) is 0 Å². The van der Waals surface area contributed by atoms with Crippen LogP contribution in [0.5, 0.6) is 0 Å². The number of aromatic amines is 1. The summed E-state index contributed by atoms with van der Waals surface area (Å²) in [5.41, 5.74) is 1.09. The molecule has 1 amide bonds. The van der Waals surface area contributed by atoms with Crippen LogP contribution in [0, 0.1) is 3.83 Å². The van der Waals surface area contributed by atoms with Gasteiger partial charge < -0.3 is 20.6 Å². The van der Waals surface area contributed by atoms with Crippen molar-refractivity contribution in [1.29, 1.82) is 0 Å². The van der Waals surface area contributed by atoms with Gasteiger partial charge in [0, 0.05) is 65.6 Å². The zero-order valence-electron chi connectivity index (χ0n) is 16.2. The van der Waals surface area contributed by atoms with E-state index in [1.165, 1.54) is 31.4 Å². The van der Waals surface area contributed by atoms with Gasteiger partial charge in [-0.1, -0.05) is 0 Å². The third-order valence-electron chi connectivity index (χ3n) is 5.10. The minimum atomic E-state index is -0.684. The lowest BCUT2D eigenvalue weighted by molar-refractivity contribution is -0.117. The summed E-state index contributed by atoms with van der Waals surface area (Å²) in [7, 11) is 0. The summed E-state index contributed by atoms with van der Waals surface area (Å²) in [6, 6.07) is 1.29. The van der Waals surface area contributed by atoms with E-state index in [2.05, 4.69) is 45.8 Å². The van der Waals surface area contributed by atoms with Crippen molar-refractivity contribution in [3.05, 3.63) is 34.2 Å². The van der Waals surface area contributed by atoms with Crippen molar-refractivity contribution in [3.63, 3.8) is 0 Å². The van der Waals surface area contributed by atoms with Gasteiger partial charge in [-0.3, -0.25) is 14.9 Å². The number of anilines is 4. The molecule has 1 aliphatic heterocycles. The van der Waals surface area contributed by atoms with Gasteiger partial charge in [0.25, 0.3) is 0 Å². The van der Waals surface area contributed by atoms with Gasteiger partial charge in [-0.15, -0.1) is 0 Å². The Morgan fingerprint density at radius 1 is 1.23 bits per heavy atom. The number of amides is 1. The quantitative estimate of drug-likeness (QED) is 0.339. The smallest absolute Gasteiger partial charge is 0.248 e. The van der Waals surface area contributed by atoms with E-state index >= 15 is 0 Å². The molecule has 0 spiro atoms. The Morgan fingerprint density at radius 2 is 2.10 bits per heavy atom. The summed E-state index contributed by atoms with van der Waals surface area (Å²) in [5.74, 6) is 1.81. The number of H-pyrrole nitrogens is 1. The van der Waals surface area contributed by atoms with Crippen molar-refractivity contribution in [2.75, 3.05) is 22.1 Å². The number of nitrogens with one attached hydrogen (secondary N) is 3. The number of aliphatic hydroxyl groups is 1. The third-order valence-corrected chi connectivity index (χ3v) is 5.59. The summed E-state index contributed by atoms with van der Waals surface area (Å²) >= 11 is 2.00. The molecule has 3 aromatic heterocycles. The van der Waals surface area contributed by atoms with Crippen molar-refractivity contribution in [2.45, 2.75) is 37.3 Å². The highest BCUT2D eigenvalue weighted by atomic mass is 127. The van der Waals surface area contributed by atoms with E-state index in [0.717, 1.165) is 5.69 Å². The summed E-state index contributed by atoms with van der Waals surface area (Å²) in [4.78, 5) is 35.7. The van der Waals surface area contributed by atoms with Gasteiger partial charge in [0.1, 0.15) is 6.04 Å². The number of carbonyl (C=O) groups is 1. The molecule has 0 aromatic carbocycles. The van der Waals surface area contributed by atoms with Gasteiger partial charge in [-0.25, -0.2) is 4.98 Å². The molecule has 0 unspecified atom stereocenters. The number of aromatic nitrogens is 7. The van der Waals surface area contributed by atoms with Gasteiger partial charge >= 0.3 is 0 Å². The Labute approximate surface area is 190 Å². The van der Waals surface area contributed by atoms with Crippen molar-refractivity contribution in [3.8, 4) is 0 Å². The molecule has 160 valence electrons. The van der Waals surface area contributed by atoms with Crippen LogP contribution < -0.4 is 15.5 Å². The first-order valence-corrected chi connectivity index (χ1v) is 10.9. The Morgan fingerprint density at radius 3 is 2.87 bits per heavy atom.